The second-order valence-corrected chi connectivity index (χ2v) is 6.32. The third-order valence-electron chi connectivity index (χ3n) is 4.31. The third kappa shape index (κ3) is 4.93. The van der Waals surface area contributed by atoms with Crippen LogP contribution in [0.1, 0.15) is 18.4 Å². The average Bonchev–Trinajstić information content (AvgIpc) is 3.07. The maximum Gasteiger partial charge on any atom is 0.322 e. The predicted octanol–water partition coefficient (Wildman–Crippen LogP) is 2.54. The van der Waals surface area contributed by atoms with Gasteiger partial charge in [0.15, 0.2) is 0 Å². The van der Waals surface area contributed by atoms with Crippen molar-refractivity contribution in [3.63, 3.8) is 0 Å². The molecule has 27 heavy (non-hydrogen) atoms. The number of pyridine rings is 1. The number of methoxy groups -OCH3 is 1. The van der Waals surface area contributed by atoms with Gasteiger partial charge in [0.2, 0.25) is 5.91 Å². The first-order chi connectivity index (χ1) is 13.0. The van der Waals surface area contributed by atoms with Crippen LogP contribution in [0.5, 0.6) is 5.75 Å². The Morgan fingerprint density at radius 3 is 2.96 bits per heavy atom. The van der Waals surface area contributed by atoms with Crippen molar-refractivity contribution in [3.05, 3.63) is 54.1 Å². The van der Waals surface area contributed by atoms with Gasteiger partial charge < -0.3 is 20.3 Å². The Morgan fingerprint density at radius 1 is 1.44 bits per heavy atom. The first-order valence-corrected chi connectivity index (χ1v) is 8.63. The van der Waals surface area contributed by atoms with E-state index >= 15 is 0 Å². The van der Waals surface area contributed by atoms with Crippen LogP contribution in [0.4, 0.5) is 14.9 Å². The number of halogens is 1. The van der Waals surface area contributed by atoms with Crippen molar-refractivity contribution >= 4 is 17.6 Å². The SMILES string of the molecule is COc1ccc(F)cc1NC(=O)N(Cc1cccnc1)C[C@@H]1CCC(=O)N1. The van der Waals surface area contributed by atoms with Crippen molar-refractivity contribution in [1.29, 1.82) is 0 Å². The van der Waals surface area contributed by atoms with Gasteiger partial charge in [-0.1, -0.05) is 6.07 Å². The molecule has 1 aliphatic rings. The summed E-state index contributed by atoms with van der Waals surface area (Å²) in [6.07, 6.45) is 4.45. The zero-order valence-electron chi connectivity index (χ0n) is 14.9. The minimum absolute atomic E-state index is 0.0199. The monoisotopic (exact) mass is 372 g/mol. The van der Waals surface area contributed by atoms with E-state index in [0.29, 0.717) is 31.7 Å². The Bertz CT molecular complexity index is 816. The topological polar surface area (TPSA) is 83.6 Å². The first-order valence-electron chi connectivity index (χ1n) is 8.63. The number of benzene rings is 1. The number of nitrogens with zero attached hydrogens (tertiary/aromatic N) is 2. The number of aromatic nitrogens is 1. The summed E-state index contributed by atoms with van der Waals surface area (Å²) in [5, 5.41) is 5.56. The van der Waals surface area contributed by atoms with Crippen LogP contribution in [0, 0.1) is 5.82 Å². The predicted molar refractivity (Wildman–Crippen MR) is 97.8 cm³/mol. The number of anilines is 1. The number of ether oxygens (including phenoxy) is 1. The summed E-state index contributed by atoms with van der Waals surface area (Å²) in [5.74, 6) is -0.137. The van der Waals surface area contributed by atoms with Gasteiger partial charge in [-0.25, -0.2) is 9.18 Å². The van der Waals surface area contributed by atoms with Gasteiger partial charge in [0.25, 0.3) is 0 Å². The number of hydrogen-bond donors (Lipinski definition) is 2. The Labute approximate surface area is 156 Å². The molecule has 3 rings (SSSR count). The molecule has 0 saturated carbocycles. The molecule has 1 aromatic heterocycles. The van der Waals surface area contributed by atoms with Crippen LogP contribution >= 0.6 is 0 Å². The molecule has 3 amide bonds. The van der Waals surface area contributed by atoms with E-state index in [1.165, 1.54) is 25.3 Å². The summed E-state index contributed by atoms with van der Waals surface area (Å²) in [7, 11) is 1.45. The van der Waals surface area contributed by atoms with E-state index in [4.69, 9.17) is 4.74 Å². The van der Waals surface area contributed by atoms with E-state index in [0.717, 1.165) is 5.56 Å². The lowest BCUT2D eigenvalue weighted by molar-refractivity contribution is -0.119. The first kappa shape index (κ1) is 18.6. The van der Waals surface area contributed by atoms with Gasteiger partial charge in [0.1, 0.15) is 11.6 Å². The maximum atomic E-state index is 13.6. The molecule has 1 saturated heterocycles. The van der Waals surface area contributed by atoms with Crippen LogP contribution in [0.15, 0.2) is 42.7 Å². The van der Waals surface area contributed by atoms with Gasteiger partial charge in [0, 0.05) is 44.0 Å². The van der Waals surface area contributed by atoms with Gasteiger partial charge >= 0.3 is 6.03 Å². The van der Waals surface area contributed by atoms with Crippen LogP contribution in [0.25, 0.3) is 0 Å². The van der Waals surface area contributed by atoms with E-state index in [1.54, 1.807) is 23.4 Å². The van der Waals surface area contributed by atoms with Crippen LogP contribution < -0.4 is 15.4 Å². The molecular weight excluding hydrogens is 351 g/mol. The minimum atomic E-state index is -0.479. The summed E-state index contributed by atoms with van der Waals surface area (Å²) in [6, 6.07) is 7.04. The molecule has 0 bridgehead atoms. The third-order valence-corrected chi connectivity index (χ3v) is 4.31. The molecule has 0 aliphatic carbocycles. The highest BCUT2D eigenvalue weighted by Gasteiger charge is 2.26. The normalized spacial score (nSPS) is 15.9. The number of nitrogens with one attached hydrogen (secondary N) is 2. The standard InChI is InChI=1S/C19H21FN4O3/c1-27-17-6-4-14(20)9-16(17)23-19(26)24(11-13-3-2-8-21-10-13)12-15-5-7-18(25)22-15/h2-4,6,8-10,15H,5,7,11-12H2,1H3,(H,22,25)(H,23,26)/t15-/m0/s1. The Kier molecular flexibility index (Phi) is 5.85. The summed E-state index contributed by atoms with van der Waals surface area (Å²) in [5.41, 5.74) is 1.09. The van der Waals surface area contributed by atoms with Crippen LogP contribution in [-0.2, 0) is 11.3 Å². The molecule has 7 nitrogen and oxygen atoms in total. The molecule has 1 fully saturated rings. The molecule has 2 N–H and O–H groups in total. The van der Waals surface area contributed by atoms with Gasteiger partial charge in [-0.2, -0.15) is 0 Å². The molecule has 0 unspecified atom stereocenters. The summed E-state index contributed by atoms with van der Waals surface area (Å²) in [6.45, 7) is 0.647. The second kappa shape index (κ2) is 8.48. The summed E-state index contributed by atoms with van der Waals surface area (Å²) >= 11 is 0. The molecule has 142 valence electrons. The van der Waals surface area contributed by atoms with E-state index in [1.807, 2.05) is 6.07 Å². The van der Waals surface area contributed by atoms with Crippen molar-refractivity contribution in [3.8, 4) is 5.75 Å². The van der Waals surface area contributed by atoms with Crippen molar-refractivity contribution < 1.29 is 18.7 Å². The zero-order chi connectivity index (χ0) is 19.2. The van der Waals surface area contributed by atoms with Gasteiger partial charge in [-0.3, -0.25) is 9.78 Å². The highest BCUT2D eigenvalue weighted by atomic mass is 19.1. The maximum absolute atomic E-state index is 13.6. The largest absolute Gasteiger partial charge is 0.495 e. The number of carbonyl (C=O) groups is 2. The number of hydrogen-bond acceptors (Lipinski definition) is 4. The number of carbonyl (C=O) groups excluding carboxylic acids is 2. The quantitative estimate of drug-likeness (QED) is 0.816. The Morgan fingerprint density at radius 2 is 2.30 bits per heavy atom. The summed E-state index contributed by atoms with van der Waals surface area (Å²) < 4.78 is 18.8. The molecule has 0 spiro atoms. The van der Waals surface area contributed by atoms with E-state index in [-0.39, 0.29) is 17.6 Å². The highest BCUT2D eigenvalue weighted by molar-refractivity contribution is 5.91. The summed E-state index contributed by atoms with van der Waals surface area (Å²) in [4.78, 5) is 30.0. The molecule has 1 aliphatic heterocycles. The Balaban J connectivity index is 1.77. The fourth-order valence-electron chi connectivity index (χ4n) is 2.98. The molecule has 2 aromatic rings. The highest BCUT2D eigenvalue weighted by Crippen LogP contribution is 2.25. The molecule has 0 radical (unpaired) electrons. The van der Waals surface area contributed by atoms with Crippen molar-refractivity contribution in [2.75, 3.05) is 19.0 Å². The number of urea groups is 1. The lowest BCUT2D eigenvalue weighted by Gasteiger charge is -2.26. The smallest absolute Gasteiger partial charge is 0.322 e. The van der Waals surface area contributed by atoms with Gasteiger partial charge in [-0.05, 0) is 30.2 Å². The van der Waals surface area contributed by atoms with Crippen molar-refractivity contribution in [2.24, 2.45) is 0 Å². The molecule has 8 heteroatoms. The van der Waals surface area contributed by atoms with Gasteiger partial charge in [0.05, 0.1) is 12.8 Å². The van der Waals surface area contributed by atoms with E-state index in [2.05, 4.69) is 15.6 Å². The van der Waals surface area contributed by atoms with Crippen LogP contribution in [0.2, 0.25) is 0 Å². The molecule has 1 atom stereocenters. The lowest BCUT2D eigenvalue weighted by atomic mass is 10.2. The second-order valence-electron chi connectivity index (χ2n) is 6.32. The molecular formula is C19H21FN4O3. The number of amides is 3. The van der Waals surface area contributed by atoms with Crippen molar-refractivity contribution in [1.82, 2.24) is 15.2 Å². The zero-order valence-corrected chi connectivity index (χ0v) is 14.9. The Hall–Kier alpha value is -3.16. The van der Waals surface area contributed by atoms with E-state index < -0.39 is 11.8 Å². The minimum Gasteiger partial charge on any atom is -0.495 e. The number of rotatable bonds is 6. The average molecular weight is 372 g/mol. The van der Waals surface area contributed by atoms with Crippen LogP contribution in [-0.4, -0.2) is 41.5 Å². The van der Waals surface area contributed by atoms with Crippen LogP contribution in [0.3, 0.4) is 0 Å². The fourth-order valence-corrected chi connectivity index (χ4v) is 2.98. The molecule has 2 heterocycles. The van der Waals surface area contributed by atoms with Crippen molar-refractivity contribution in [2.45, 2.75) is 25.4 Å². The lowest BCUT2D eigenvalue weighted by Crippen LogP contribution is -2.43. The van der Waals surface area contributed by atoms with Gasteiger partial charge in [-0.15, -0.1) is 0 Å². The fraction of sp³-hybridized carbons (Fsp3) is 0.316. The molecule has 1 aromatic carbocycles. The van der Waals surface area contributed by atoms with E-state index in [9.17, 15) is 14.0 Å².